The minimum absolute atomic E-state index is 0.336. The van der Waals surface area contributed by atoms with Crippen LogP contribution in [0.5, 0.6) is 0 Å². The van der Waals surface area contributed by atoms with Gasteiger partial charge in [-0.1, -0.05) is 59.3 Å². The third kappa shape index (κ3) is 9.45. The van der Waals surface area contributed by atoms with Crippen LogP contribution in [0.2, 0.25) is 0 Å². The van der Waals surface area contributed by atoms with Crippen LogP contribution in [-0.4, -0.2) is 27.3 Å². The first-order chi connectivity index (χ1) is 9.10. The molecule has 0 aliphatic heterocycles. The second-order valence-electron chi connectivity index (χ2n) is 6.58. The maximum Gasteiger partial charge on any atom is 0.0530 e. The molecule has 0 heterocycles. The number of rotatable bonds is 13. The fourth-order valence-corrected chi connectivity index (χ4v) is 3.27. The summed E-state index contributed by atoms with van der Waals surface area (Å²) in [6, 6.07) is 0. The molecule has 0 rings (SSSR count). The monoisotopic (exact) mass is 271 g/mol. The van der Waals surface area contributed by atoms with E-state index >= 15 is 0 Å². The highest BCUT2D eigenvalue weighted by molar-refractivity contribution is 4.82. The first kappa shape index (κ1) is 18.9. The lowest BCUT2D eigenvalue weighted by molar-refractivity contribution is 0.0538. The van der Waals surface area contributed by atoms with Crippen LogP contribution in [0.3, 0.4) is 0 Å². The standard InChI is InChI=1S/C17H37NO/c1-6-7-8-9-10-11-12-17(14-18-4,15-19-5)13-16(2)3/h16,18H,6-15H2,1-5H3. The van der Waals surface area contributed by atoms with E-state index in [0.717, 1.165) is 19.1 Å². The Morgan fingerprint density at radius 3 is 2.21 bits per heavy atom. The lowest BCUT2D eigenvalue weighted by Gasteiger charge is -2.35. The molecule has 116 valence electrons. The molecule has 2 nitrogen and oxygen atoms in total. The van der Waals surface area contributed by atoms with Gasteiger partial charge >= 0.3 is 0 Å². The lowest BCUT2D eigenvalue weighted by Crippen LogP contribution is -2.38. The van der Waals surface area contributed by atoms with E-state index in [0.29, 0.717) is 5.41 Å². The smallest absolute Gasteiger partial charge is 0.0530 e. The zero-order valence-corrected chi connectivity index (χ0v) is 14.1. The average Bonchev–Trinajstić information content (AvgIpc) is 2.33. The van der Waals surface area contributed by atoms with E-state index < -0.39 is 0 Å². The summed E-state index contributed by atoms with van der Waals surface area (Å²) in [7, 11) is 3.90. The van der Waals surface area contributed by atoms with Gasteiger partial charge in [-0.2, -0.15) is 0 Å². The molecule has 0 aliphatic rings. The highest BCUT2D eigenvalue weighted by atomic mass is 16.5. The van der Waals surface area contributed by atoms with Crippen molar-refractivity contribution in [2.45, 2.75) is 72.1 Å². The van der Waals surface area contributed by atoms with Gasteiger partial charge in [-0.3, -0.25) is 0 Å². The summed E-state index contributed by atoms with van der Waals surface area (Å²) in [4.78, 5) is 0. The molecule has 0 aliphatic carbocycles. The van der Waals surface area contributed by atoms with Crippen LogP contribution in [0, 0.1) is 11.3 Å². The lowest BCUT2D eigenvalue weighted by atomic mass is 9.76. The van der Waals surface area contributed by atoms with Gasteiger partial charge in [-0.25, -0.2) is 0 Å². The van der Waals surface area contributed by atoms with Gasteiger partial charge in [0.1, 0.15) is 0 Å². The largest absolute Gasteiger partial charge is 0.384 e. The Kier molecular flexibility index (Phi) is 11.7. The molecule has 0 aromatic carbocycles. The van der Waals surface area contributed by atoms with Gasteiger partial charge in [0.25, 0.3) is 0 Å². The highest BCUT2D eigenvalue weighted by Crippen LogP contribution is 2.32. The van der Waals surface area contributed by atoms with E-state index in [4.69, 9.17) is 4.74 Å². The summed E-state index contributed by atoms with van der Waals surface area (Å²) in [6.07, 6.45) is 10.8. The molecule has 1 N–H and O–H groups in total. The van der Waals surface area contributed by atoms with E-state index in [9.17, 15) is 0 Å². The third-order valence-electron chi connectivity index (χ3n) is 3.90. The molecule has 0 fully saturated rings. The topological polar surface area (TPSA) is 21.3 Å². The second-order valence-corrected chi connectivity index (χ2v) is 6.58. The average molecular weight is 271 g/mol. The second kappa shape index (κ2) is 11.7. The van der Waals surface area contributed by atoms with Gasteiger partial charge in [-0.05, 0) is 25.8 Å². The van der Waals surface area contributed by atoms with Gasteiger partial charge in [0.2, 0.25) is 0 Å². The molecule has 0 saturated heterocycles. The maximum absolute atomic E-state index is 5.52. The van der Waals surface area contributed by atoms with Crippen molar-refractivity contribution in [1.29, 1.82) is 0 Å². The van der Waals surface area contributed by atoms with Crippen LogP contribution in [0.15, 0.2) is 0 Å². The van der Waals surface area contributed by atoms with E-state index in [1.54, 1.807) is 0 Å². The van der Waals surface area contributed by atoms with Crippen molar-refractivity contribution in [1.82, 2.24) is 5.32 Å². The van der Waals surface area contributed by atoms with Crippen LogP contribution >= 0.6 is 0 Å². The first-order valence-corrected chi connectivity index (χ1v) is 8.23. The van der Waals surface area contributed by atoms with Crippen molar-refractivity contribution in [2.24, 2.45) is 11.3 Å². The molecule has 0 bridgehead atoms. The first-order valence-electron chi connectivity index (χ1n) is 8.23. The fraction of sp³-hybridized carbons (Fsp3) is 1.00. The Labute approximate surface area is 121 Å². The maximum atomic E-state index is 5.52. The summed E-state index contributed by atoms with van der Waals surface area (Å²) >= 11 is 0. The van der Waals surface area contributed by atoms with E-state index in [1.807, 2.05) is 7.11 Å². The van der Waals surface area contributed by atoms with Gasteiger partial charge < -0.3 is 10.1 Å². The third-order valence-corrected chi connectivity index (χ3v) is 3.90. The normalized spacial score (nSPS) is 14.8. The molecule has 19 heavy (non-hydrogen) atoms. The van der Waals surface area contributed by atoms with Crippen molar-refractivity contribution in [3.63, 3.8) is 0 Å². The van der Waals surface area contributed by atoms with Gasteiger partial charge in [0.05, 0.1) is 6.61 Å². The Morgan fingerprint density at radius 2 is 1.68 bits per heavy atom. The number of ether oxygens (including phenoxy) is 1. The Morgan fingerprint density at radius 1 is 1.05 bits per heavy atom. The number of nitrogens with one attached hydrogen (secondary N) is 1. The highest BCUT2D eigenvalue weighted by Gasteiger charge is 2.29. The molecule has 1 atom stereocenters. The van der Waals surface area contributed by atoms with Gasteiger partial charge in [0, 0.05) is 19.1 Å². The summed E-state index contributed by atoms with van der Waals surface area (Å²) in [5.41, 5.74) is 0.336. The minimum Gasteiger partial charge on any atom is -0.384 e. The van der Waals surface area contributed by atoms with Crippen LogP contribution in [0.1, 0.15) is 72.1 Å². The predicted molar refractivity (Wildman–Crippen MR) is 85.7 cm³/mol. The quantitative estimate of drug-likeness (QED) is 0.493. The molecule has 0 amide bonds. The van der Waals surface area contributed by atoms with Crippen LogP contribution in [-0.2, 0) is 4.74 Å². The summed E-state index contributed by atoms with van der Waals surface area (Å²) in [5, 5.41) is 3.38. The number of methoxy groups -OCH3 is 1. The van der Waals surface area contributed by atoms with Crippen LogP contribution < -0.4 is 5.32 Å². The molecule has 0 aromatic heterocycles. The predicted octanol–water partition coefficient (Wildman–Crippen LogP) is 4.64. The van der Waals surface area contributed by atoms with E-state index in [-0.39, 0.29) is 0 Å². The van der Waals surface area contributed by atoms with Gasteiger partial charge in [-0.15, -0.1) is 0 Å². The minimum atomic E-state index is 0.336. The fourth-order valence-electron chi connectivity index (χ4n) is 3.27. The van der Waals surface area contributed by atoms with Crippen molar-refractivity contribution in [2.75, 3.05) is 27.3 Å². The Bertz CT molecular complexity index is 186. The van der Waals surface area contributed by atoms with Crippen LogP contribution in [0.4, 0.5) is 0 Å². The zero-order valence-electron chi connectivity index (χ0n) is 14.1. The summed E-state index contributed by atoms with van der Waals surface area (Å²) < 4.78 is 5.52. The van der Waals surface area contributed by atoms with E-state index in [1.165, 1.54) is 51.4 Å². The Balaban J connectivity index is 4.15. The SMILES string of the molecule is CCCCCCCCC(CNC)(COC)CC(C)C. The van der Waals surface area contributed by atoms with E-state index in [2.05, 4.69) is 33.1 Å². The van der Waals surface area contributed by atoms with Gasteiger partial charge in [0.15, 0.2) is 0 Å². The summed E-state index contributed by atoms with van der Waals surface area (Å²) in [5.74, 6) is 0.739. The Hall–Kier alpha value is -0.0800. The molecular formula is C17H37NO. The molecule has 0 aromatic rings. The molecule has 0 saturated carbocycles. The number of unbranched alkanes of at least 4 members (excludes halogenated alkanes) is 5. The van der Waals surface area contributed by atoms with Crippen LogP contribution in [0.25, 0.3) is 0 Å². The molecule has 0 spiro atoms. The van der Waals surface area contributed by atoms with Crippen molar-refractivity contribution in [3.05, 3.63) is 0 Å². The van der Waals surface area contributed by atoms with Crippen molar-refractivity contribution in [3.8, 4) is 0 Å². The molecule has 0 radical (unpaired) electrons. The molecule has 2 heteroatoms. The zero-order chi connectivity index (χ0) is 14.6. The molecule has 1 unspecified atom stereocenters. The summed E-state index contributed by atoms with van der Waals surface area (Å²) in [6.45, 7) is 8.89. The van der Waals surface area contributed by atoms with Crippen molar-refractivity contribution >= 4 is 0 Å². The van der Waals surface area contributed by atoms with Crippen molar-refractivity contribution < 1.29 is 4.74 Å². The molecular weight excluding hydrogens is 234 g/mol. The number of hydrogen-bond acceptors (Lipinski definition) is 2. The number of hydrogen-bond donors (Lipinski definition) is 1.